The van der Waals surface area contributed by atoms with Gasteiger partial charge in [-0.1, -0.05) is 30.3 Å². The molecule has 2 aromatic rings. The van der Waals surface area contributed by atoms with E-state index >= 15 is 0 Å². The van der Waals surface area contributed by atoms with E-state index in [2.05, 4.69) is 0 Å². The molecular formula is C15H11F3O. The van der Waals surface area contributed by atoms with E-state index in [-0.39, 0.29) is 11.1 Å². The number of carbonyl (C=O) groups excluding carboxylic acids is 1. The Balaban J connectivity index is 2.35. The Morgan fingerprint density at radius 3 is 2.00 bits per heavy atom. The lowest BCUT2D eigenvalue weighted by Gasteiger charge is -2.15. The number of carbonyl (C=O) groups is 1. The third kappa shape index (κ3) is 3.02. The molecule has 1 nitrogen and oxygen atoms in total. The molecule has 0 saturated carbocycles. The van der Waals surface area contributed by atoms with E-state index in [1.807, 2.05) is 0 Å². The minimum absolute atomic E-state index is 0.0792. The Morgan fingerprint density at radius 1 is 0.895 bits per heavy atom. The van der Waals surface area contributed by atoms with Crippen LogP contribution in [-0.4, -0.2) is 12.2 Å². The SMILES string of the molecule is O=C(c1ccc(F)cc1)C(c1ccccc1)C(F)F. The normalized spacial score (nSPS) is 12.4. The van der Waals surface area contributed by atoms with Gasteiger partial charge < -0.3 is 0 Å². The average molecular weight is 264 g/mol. The predicted molar refractivity (Wildman–Crippen MR) is 65.9 cm³/mol. The summed E-state index contributed by atoms with van der Waals surface area (Å²) in [5.74, 6) is -2.74. The van der Waals surface area contributed by atoms with Crippen molar-refractivity contribution < 1.29 is 18.0 Å². The standard InChI is InChI=1S/C15H11F3O/c16-12-8-6-11(7-9-12)14(19)13(15(17)18)10-4-2-1-3-5-10/h1-9,13,15H. The second kappa shape index (κ2) is 5.69. The zero-order valence-electron chi connectivity index (χ0n) is 9.89. The van der Waals surface area contributed by atoms with E-state index in [1.165, 1.54) is 24.3 Å². The summed E-state index contributed by atoms with van der Waals surface area (Å²) >= 11 is 0. The Morgan fingerprint density at radius 2 is 1.47 bits per heavy atom. The van der Waals surface area contributed by atoms with Gasteiger partial charge in [0.2, 0.25) is 0 Å². The van der Waals surface area contributed by atoms with E-state index in [0.717, 1.165) is 12.1 Å². The molecule has 1 atom stereocenters. The van der Waals surface area contributed by atoms with Gasteiger partial charge in [-0.15, -0.1) is 0 Å². The molecule has 2 aromatic carbocycles. The van der Waals surface area contributed by atoms with Crippen LogP contribution < -0.4 is 0 Å². The van der Waals surface area contributed by atoms with Gasteiger partial charge in [0.1, 0.15) is 11.7 Å². The Hall–Kier alpha value is -2.10. The zero-order valence-corrected chi connectivity index (χ0v) is 9.89. The first-order chi connectivity index (χ1) is 9.09. The van der Waals surface area contributed by atoms with Gasteiger partial charge >= 0.3 is 0 Å². The summed E-state index contributed by atoms with van der Waals surface area (Å²) in [5, 5.41) is 0. The van der Waals surface area contributed by atoms with Gasteiger partial charge in [0.25, 0.3) is 6.43 Å². The minimum Gasteiger partial charge on any atom is -0.293 e. The van der Waals surface area contributed by atoms with Gasteiger partial charge in [0.15, 0.2) is 5.78 Å². The van der Waals surface area contributed by atoms with Crippen molar-refractivity contribution >= 4 is 5.78 Å². The van der Waals surface area contributed by atoms with Gasteiger partial charge in [0, 0.05) is 5.56 Å². The largest absolute Gasteiger partial charge is 0.293 e. The number of hydrogen-bond acceptors (Lipinski definition) is 1. The summed E-state index contributed by atoms with van der Waals surface area (Å²) in [6, 6.07) is 12.5. The van der Waals surface area contributed by atoms with Crippen molar-refractivity contribution in [3.63, 3.8) is 0 Å². The first kappa shape index (κ1) is 13.3. The molecule has 19 heavy (non-hydrogen) atoms. The highest BCUT2D eigenvalue weighted by molar-refractivity contribution is 6.01. The molecule has 0 bridgehead atoms. The molecule has 0 aliphatic heterocycles. The number of alkyl halides is 2. The summed E-state index contributed by atoms with van der Waals surface area (Å²) in [6.07, 6.45) is -2.81. The lowest BCUT2D eigenvalue weighted by molar-refractivity contribution is 0.0735. The van der Waals surface area contributed by atoms with Crippen molar-refractivity contribution in [3.8, 4) is 0 Å². The molecular weight excluding hydrogens is 253 g/mol. The number of hydrogen-bond donors (Lipinski definition) is 0. The van der Waals surface area contributed by atoms with Crippen LogP contribution in [-0.2, 0) is 0 Å². The maximum atomic E-state index is 13.1. The quantitative estimate of drug-likeness (QED) is 0.761. The third-order valence-corrected chi connectivity index (χ3v) is 2.82. The summed E-state index contributed by atoms with van der Waals surface area (Å²) in [5.41, 5.74) is 0.336. The molecule has 0 radical (unpaired) electrons. The highest BCUT2D eigenvalue weighted by atomic mass is 19.3. The summed E-state index contributed by atoms with van der Waals surface area (Å²) < 4.78 is 39.0. The topological polar surface area (TPSA) is 17.1 Å². The van der Waals surface area contributed by atoms with Crippen LogP contribution in [0.5, 0.6) is 0 Å². The van der Waals surface area contributed by atoms with Crippen molar-refractivity contribution in [2.24, 2.45) is 0 Å². The van der Waals surface area contributed by atoms with Crippen molar-refractivity contribution in [1.29, 1.82) is 0 Å². The van der Waals surface area contributed by atoms with Gasteiger partial charge in [-0.25, -0.2) is 13.2 Å². The van der Waals surface area contributed by atoms with Gasteiger partial charge in [0.05, 0.1) is 0 Å². The molecule has 0 fully saturated rings. The molecule has 98 valence electrons. The van der Waals surface area contributed by atoms with Crippen LogP contribution in [0, 0.1) is 5.82 Å². The molecule has 4 heteroatoms. The average Bonchev–Trinajstić information content (AvgIpc) is 2.40. The molecule has 0 heterocycles. The fraction of sp³-hybridized carbons (Fsp3) is 0.133. The lowest BCUT2D eigenvalue weighted by Crippen LogP contribution is -2.20. The van der Waals surface area contributed by atoms with Gasteiger partial charge in [-0.05, 0) is 29.8 Å². The summed E-state index contributed by atoms with van der Waals surface area (Å²) in [6.45, 7) is 0. The predicted octanol–water partition coefficient (Wildman–Crippen LogP) is 4.06. The highest BCUT2D eigenvalue weighted by Crippen LogP contribution is 2.27. The number of benzene rings is 2. The summed E-state index contributed by atoms with van der Waals surface area (Å²) in [7, 11) is 0. The van der Waals surface area contributed by atoms with E-state index in [1.54, 1.807) is 18.2 Å². The Kier molecular flexibility index (Phi) is 4.00. The second-order valence-electron chi connectivity index (χ2n) is 4.09. The van der Waals surface area contributed by atoms with Crippen molar-refractivity contribution in [3.05, 3.63) is 71.5 Å². The number of halogens is 3. The number of Topliss-reactive ketones (excluding diaryl/α,β-unsaturated/α-hetero) is 1. The monoisotopic (exact) mass is 264 g/mol. The van der Waals surface area contributed by atoms with Crippen LogP contribution in [0.4, 0.5) is 13.2 Å². The second-order valence-corrected chi connectivity index (χ2v) is 4.09. The van der Waals surface area contributed by atoms with Crippen LogP contribution >= 0.6 is 0 Å². The lowest BCUT2D eigenvalue weighted by atomic mass is 9.91. The van der Waals surface area contributed by atoms with Crippen LogP contribution in [0.2, 0.25) is 0 Å². The Labute approximate surface area is 108 Å². The van der Waals surface area contributed by atoms with Crippen LogP contribution in [0.25, 0.3) is 0 Å². The summed E-state index contributed by atoms with van der Waals surface area (Å²) in [4.78, 5) is 12.1. The molecule has 2 rings (SSSR count). The van der Waals surface area contributed by atoms with Crippen molar-refractivity contribution in [2.45, 2.75) is 12.3 Å². The molecule has 0 spiro atoms. The highest BCUT2D eigenvalue weighted by Gasteiger charge is 2.30. The first-order valence-corrected chi connectivity index (χ1v) is 5.72. The molecule has 0 amide bonds. The zero-order chi connectivity index (χ0) is 13.8. The van der Waals surface area contributed by atoms with Crippen LogP contribution in [0.1, 0.15) is 21.8 Å². The number of rotatable bonds is 4. The minimum atomic E-state index is -2.81. The fourth-order valence-corrected chi connectivity index (χ4v) is 1.87. The number of ketones is 1. The molecule has 1 unspecified atom stereocenters. The molecule has 0 aromatic heterocycles. The maximum Gasteiger partial charge on any atom is 0.252 e. The van der Waals surface area contributed by atoms with E-state index in [9.17, 15) is 18.0 Å². The maximum absolute atomic E-state index is 13.1. The van der Waals surface area contributed by atoms with Crippen LogP contribution in [0.3, 0.4) is 0 Å². The Bertz CT molecular complexity index is 549. The smallest absolute Gasteiger partial charge is 0.252 e. The molecule has 0 aliphatic rings. The van der Waals surface area contributed by atoms with E-state index in [4.69, 9.17) is 0 Å². The van der Waals surface area contributed by atoms with Gasteiger partial charge in [-0.3, -0.25) is 4.79 Å². The molecule has 0 N–H and O–H groups in total. The fourth-order valence-electron chi connectivity index (χ4n) is 1.87. The van der Waals surface area contributed by atoms with Crippen LogP contribution in [0.15, 0.2) is 54.6 Å². The molecule has 0 aliphatic carbocycles. The van der Waals surface area contributed by atoms with Gasteiger partial charge in [-0.2, -0.15) is 0 Å². The van der Waals surface area contributed by atoms with E-state index < -0.39 is 23.9 Å². The first-order valence-electron chi connectivity index (χ1n) is 5.72. The van der Waals surface area contributed by atoms with Crippen molar-refractivity contribution in [2.75, 3.05) is 0 Å². The van der Waals surface area contributed by atoms with E-state index in [0.29, 0.717) is 0 Å². The molecule has 0 saturated heterocycles. The van der Waals surface area contributed by atoms with Crippen molar-refractivity contribution in [1.82, 2.24) is 0 Å². The third-order valence-electron chi connectivity index (χ3n) is 2.82.